The lowest BCUT2D eigenvalue weighted by Crippen LogP contribution is -2.16. The third-order valence-electron chi connectivity index (χ3n) is 10.5. The summed E-state index contributed by atoms with van der Waals surface area (Å²) in [5.74, 6) is 0. The van der Waals surface area contributed by atoms with Crippen molar-refractivity contribution < 1.29 is 0 Å². The molecule has 0 N–H and O–H groups in total. The topological polar surface area (TPSA) is 3.24 Å². The minimum absolute atomic E-state index is 0.119. The van der Waals surface area contributed by atoms with Crippen LogP contribution in [0.15, 0.2) is 188 Å². The van der Waals surface area contributed by atoms with E-state index in [-0.39, 0.29) is 5.41 Å². The SMILES string of the molecule is CC1(C)c2ccccc2-c2c(N(c3ccccc3-c3ccccc3)c3ccccc3-c3cccc4cccc(-c5ccccc5)c34)cccc21. The number of hydrogen-bond acceptors (Lipinski definition) is 1. The Morgan fingerprint density at radius 3 is 1.50 bits per heavy atom. The molecular formula is C49H37N. The molecule has 0 bridgehead atoms. The van der Waals surface area contributed by atoms with Gasteiger partial charge in [0.25, 0.3) is 0 Å². The predicted octanol–water partition coefficient (Wildman–Crippen LogP) is 13.6. The average molecular weight is 640 g/mol. The quantitative estimate of drug-likeness (QED) is 0.175. The van der Waals surface area contributed by atoms with Gasteiger partial charge in [0.05, 0.1) is 17.1 Å². The average Bonchev–Trinajstić information content (AvgIpc) is 3.42. The third kappa shape index (κ3) is 4.77. The maximum absolute atomic E-state index is 2.53. The first-order valence-corrected chi connectivity index (χ1v) is 17.5. The van der Waals surface area contributed by atoms with Crippen LogP contribution in [0.2, 0.25) is 0 Å². The first-order chi connectivity index (χ1) is 24.6. The second-order valence-electron chi connectivity index (χ2n) is 13.7. The lowest BCUT2D eigenvalue weighted by molar-refractivity contribution is 0.660. The van der Waals surface area contributed by atoms with Crippen LogP contribution in [0.3, 0.4) is 0 Å². The smallest absolute Gasteiger partial charge is 0.0543 e. The van der Waals surface area contributed by atoms with Crippen LogP contribution in [-0.4, -0.2) is 0 Å². The van der Waals surface area contributed by atoms with Crippen LogP contribution < -0.4 is 4.90 Å². The maximum atomic E-state index is 2.53. The molecule has 0 atom stereocenters. The number of anilines is 3. The molecular weight excluding hydrogens is 603 g/mol. The van der Waals surface area contributed by atoms with Crippen molar-refractivity contribution in [2.24, 2.45) is 0 Å². The van der Waals surface area contributed by atoms with E-state index in [4.69, 9.17) is 0 Å². The molecule has 8 aromatic rings. The van der Waals surface area contributed by atoms with Gasteiger partial charge in [0.1, 0.15) is 0 Å². The lowest BCUT2D eigenvalue weighted by atomic mass is 9.82. The van der Waals surface area contributed by atoms with Gasteiger partial charge < -0.3 is 4.90 Å². The fourth-order valence-corrected chi connectivity index (χ4v) is 8.16. The highest BCUT2D eigenvalue weighted by atomic mass is 15.2. The number of nitrogens with zero attached hydrogens (tertiary/aromatic N) is 1. The summed E-state index contributed by atoms with van der Waals surface area (Å²) in [5.41, 5.74) is 15.9. The van der Waals surface area contributed by atoms with E-state index < -0.39 is 0 Å². The van der Waals surface area contributed by atoms with Crippen molar-refractivity contribution in [1.82, 2.24) is 0 Å². The van der Waals surface area contributed by atoms with Crippen LogP contribution in [0.25, 0.3) is 55.3 Å². The van der Waals surface area contributed by atoms with Crippen molar-refractivity contribution in [2.75, 3.05) is 4.90 Å². The van der Waals surface area contributed by atoms with Crippen molar-refractivity contribution in [1.29, 1.82) is 0 Å². The molecule has 238 valence electrons. The van der Waals surface area contributed by atoms with Gasteiger partial charge in [-0.3, -0.25) is 0 Å². The van der Waals surface area contributed by atoms with Crippen LogP contribution in [-0.2, 0) is 5.41 Å². The van der Waals surface area contributed by atoms with E-state index in [1.807, 2.05) is 0 Å². The lowest BCUT2D eigenvalue weighted by Gasteiger charge is -2.32. The normalized spacial score (nSPS) is 12.8. The van der Waals surface area contributed by atoms with Gasteiger partial charge in [0.15, 0.2) is 0 Å². The summed E-state index contributed by atoms with van der Waals surface area (Å²) in [6.07, 6.45) is 0. The van der Waals surface area contributed by atoms with E-state index in [1.165, 1.54) is 72.1 Å². The van der Waals surface area contributed by atoms with Crippen LogP contribution in [0.4, 0.5) is 17.1 Å². The molecule has 9 rings (SSSR count). The van der Waals surface area contributed by atoms with Crippen molar-refractivity contribution in [3.05, 3.63) is 199 Å². The third-order valence-corrected chi connectivity index (χ3v) is 10.5. The van der Waals surface area contributed by atoms with Crippen LogP contribution >= 0.6 is 0 Å². The molecule has 0 spiro atoms. The minimum atomic E-state index is -0.119. The van der Waals surface area contributed by atoms with Gasteiger partial charge in [-0.15, -0.1) is 0 Å². The molecule has 1 nitrogen and oxygen atoms in total. The summed E-state index contributed by atoms with van der Waals surface area (Å²) in [6, 6.07) is 68.6. The monoisotopic (exact) mass is 639 g/mol. The Labute approximate surface area is 294 Å². The van der Waals surface area contributed by atoms with Gasteiger partial charge in [0, 0.05) is 22.1 Å². The molecule has 0 saturated carbocycles. The molecule has 50 heavy (non-hydrogen) atoms. The van der Waals surface area contributed by atoms with Crippen molar-refractivity contribution >= 4 is 27.8 Å². The molecule has 1 aliphatic rings. The van der Waals surface area contributed by atoms with Gasteiger partial charge in [-0.2, -0.15) is 0 Å². The number of benzene rings is 8. The zero-order valence-corrected chi connectivity index (χ0v) is 28.3. The Kier molecular flexibility index (Phi) is 7.21. The molecule has 0 aliphatic heterocycles. The maximum Gasteiger partial charge on any atom is 0.0543 e. The highest BCUT2D eigenvalue weighted by Crippen LogP contribution is 2.56. The summed E-state index contributed by atoms with van der Waals surface area (Å²) < 4.78 is 0. The summed E-state index contributed by atoms with van der Waals surface area (Å²) in [5, 5.41) is 2.49. The largest absolute Gasteiger partial charge is 0.309 e. The Morgan fingerprint density at radius 2 is 0.800 bits per heavy atom. The Morgan fingerprint density at radius 1 is 0.340 bits per heavy atom. The van der Waals surface area contributed by atoms with Gasteiger partial charge in [-0.25, -0.2) is 0 Å². The molecule has 0 saturated heterocycles. The van der Waals surface area contributed by atoms with E-state index in [9.17, 15) is 0 Å². The van der Waals surface area contributed by atoms with Crippen molar-refractivity contribution in [3.63, 3.8) is 0 Å². The Hall–Kier alpha value is -6.18. The highest BCUT2D eigenvalue weighted by Gasteiger charge is 2.38. The standard InChI is InChI=1S/C49H37N/c1-49(2)42-29-12-9-26-41(42)48-43(49)30-17-33-46(48)50(44-31-13-10-24-37(44)34-18-5-3-6-19-34)45-32-14-11-25-39(45)40-28-16-23-36-22-15-27-38(47(36)40)35-20-7-4-8-21-35/h3-33H,1-2H3. The van der Waals surface area contributed by atoms with E-state index in [0.29, 0.717) is 0 Å². The molecule has 8 aromatic carbocycles. The molecule has 1 aliphatic carbocycles. The molecule has 0 radical (unpaired) electrons. The molecule has 0 aromatic heterocycles. The molecule has 1 heteroatoms. The van der Waals surface area contributed by atoms with Gasteiger partial charge in [-0.05, 0) is 67.9 Å². The fourth-order valence-electron chi connectivity index (χ4n) is 8.16. The van der Waals surface area contributed by atoms with Crippen LogP contribution in [0.5, 0.6) is 0 Å². The van der Waals surface area contributed by atoms with Gasteiger partial charge >= 0.3 is 0 Å². The molecule has 0 heterocycles. The minimum Gasteiger partial charge on any atom is -0.309 e. The summed E-state index contributed by atoms with van der Waals surface area (Å²) in [7, 11) is 0. The van der Waals surface area contributed by atoms with E-state index in [2.05, 4.69) is 207 Å². The second kappa shape index (κ2) is 12.1. The Bertz CT molecular complexity index is 2500. The van der Waals surface area contributed by atoms with E-state index >= 15 is 0 Å². The predicted molar refractivity (Wildman–Crippen MR) is 213 cm³/mol. The summed E-state index contributed by atoms with van der Waals surface area (Å²) in [4.78, 5) is 2.53. The fraction of sp³-hybridized carbons (Fsp3) is 0.0612. The molecule has 0 unspecified atom stereocenters. The molecule has 0 amide bonds. The Balaban J connectivity index is 1.38. The highest BCUT2D eigenvalue weighted by molar-refractivity contribution is 6.09. The second-order valence-corrected chi connectivity index (χ2v) is 13.7. The number of para-hydroxylation sites is 2. The summed E-state index contributed by atoms with van der Waals surface area (Å²) in [6.45, 7) is 4.72. The zero-order chi connectivity index (χ0) is 33.7. The first kappa shape index (κ1) is 29.9. The number of hydrogen-bond donors (Lipinski definition) is 0. The molecule has 0 fully saturated rings. The van der Waals surface area contributed by atoms with Crippen LogP contribution in [0, 0.1) is 0 Å². The zero-order valence-electron chi connectivity index (χ0n) is 28.3. The van der Waals surface area contributed by atoms with Crippen LogP contribution in [0.1, 0.15) is 25.0 Å². The van der Waals surface area contributed by atoms with E-state index in [1.54, 1.807) is 0 Å². The van der Waals surface area contributed by atoms with Gasteiger partial charge in [-0.1, -0.05) is 184 Å². The first-order valence-electron chi connectivity index (χ1n) is 17.5. The van der Waals surface area contributed by atoms with Gasteiger partial charge in [0.2, 0.25) is 0 Å². The van der Waals surface area contributed by atoms with E-state index in [0.717, 1.165) is 11.4 Å². The van der Waals surface area contributed by atoms with Crippen molar-refractivity contribution in [2.45, 2.75) is 19.3 Å². The number of rotatable bonds is 6. The van der Waals surface area contributed by atoms with Crippen molar-refractivity contribution in [3.8, 4) is 44.5 Å². The summed E-state index contributed by atoms with van der Waals surface area (Å²) >= 11 is 0. The number of fused-ring (bicyclic) bond motifs is 4.